The van der Waals surface area contributed by atoms with Crippen LogP contribution in [0.5, 0.6) is 0 Å². The van der Waals surface area contributed by atoms with Crippen LogP contribution in [-0.2, 0) is 6.54 Å². The highest BCUT2D eigenvalue weighted by atomic mass is 16.3. The number of hydrogen-bond donors (Lipinski definition) is 2. The molecule has 19 heavy (non-hydrogen) atoms. The van der Waals surface area contributed by atoms with Gasteiger partial charge in [0.15, 0.2) is 0 Å². The Hall–Kier alpha value is -1.85. The molecule has 102 valence electrons. The normalized spacial score (nSPS) is 10.7. The van der Waals surface area contributed by atoms with Gasteiger partial charge >= 0.3 is 0 Å². The number of rotatable bonds is 5. The molecule has 0 saturated heterocycles. The van der Waals surface area contributed by atoms with Gasteiger partial charge < -0.3 is 15.7 Å². The third-order valence-corrected chi connectivity index (χ3v) is 3.16. The van der Waals surface area contributed by atoms with Crippen molar-refractivity contribution >= 4 is 5.82 Å². The van der Waals surface area contributed by atoms with E-state index >= 15 is 0 Å². The Balaban J connectivity index is 2.55. The molecule has 1 heterocycles. The van der Waals surface area contributed by atoms with Crippen molar-refractivity contribution in [3.63, 3.8) is 0 Å². The molecule has 5 heteroatoms. The summed E-state index contributed by atoms with van der Waals surface area (Å²) in [5.74, 6) is 0.945. The van der Waals surface area contributed by atoms with Gasteiger partial charge in [0, 0.05) is 25.7 Å². The standard InChI is InChI=1S/C14H20N4O/c1-11-13(10-15)14(17(2)8-9-19)18(16-11)12-6-4-3-5-7-12/h3-7,19H,8-10,15H2,1-2H3. The van der Waals surface area contributed by atoms with Crippen LogP contribution in [0.2, 0.25) is 0 Å². The Morgan fingerprint density at radius 1 is 1.32 bits per heavy atom. The second-order valence-electron chi connectivity index (χ2n) is 4.48. The van der Waals surface area contributed by atoms with Gasteiger partial charge in [-0.25, -0.2) is 4.68 Å². The maximum atomic E-state index is 9.13. The van der Waals surface area contributed by atoms with Crippen LogP contribution in [-0.4, -0.2) is 35.1 Å². The van der Waals surface area contributed by atoms with Crippen LogP contribution < -0.4 is 10.6 Å². The zero-order valence-corrected chi connectivity index (χ0v) is 11.4. The summed E-state index contributed by atoms with van der Waals surface area (Å²) < 4.78 is 1.88. The summed E-state index contributed by atoms with van der Waals surface area (Å²) in [4.78, 5) is 1.98. The summed E-state index contributed by atoms with van der Waals surface area (Å²) in [5.41, 5.74) is 8.76. The van der Waals surface area contributed by atoms with E-state index in [0.29, 0.717) is 13.1 Å². The van der Waals surface area contributed by atoms with Gasteiger partial charge in [-0.1, -0.05) is 18.2 Å². The zero-order chi connectivity index (χ0) is 13.8. The molecule has 0 radical (unpaired) electrons. The number of nitrogens with two attached hydrogens (primary N) is 1. The Bertz CT molecular complexity index is 536. The highest BCUT2D eigenvalue weighted by Crippen LogP contribution is 2.25. The third kappa shape index (κ3) is 2.62. The predicted octanol–water partition coefficient (Wildman–Crippen LogP) is 1.07. The molecule has 0 amide bonds. The average molecular weight is 260 g/mol. The number of aliphatic hydroxyl groups is 1. The van der Waals surface area contributed by atoms with E-state index in [4.69, 9.17) is 10.8 Å². The molecule has 2 rings (SSSR count). The van der Waals surface area contributed by atoms with E-state index in [1.807, 2.05) is 53.9 Å². The maximum Gasteiger partial charge on any atom is 0.136 e. The second kappa shape index (κ2) is 5.86. The van der Waals surface area contributed by atoms with Gasteiger partial charge in [0.1, 0.15) is 5.82 Å². The van der Waals surface area contributed by atoms with Gasteiger partial charge in [-0.3, -0.25) is 0 Å². The minimum Gasteiger partial charge on any atom is -0.395 e. The Labute approximate surface area is 113 Å². The molecule has 0 bridgehead atoms. The van der Waals surface area contributed by atoms with Crippen molar-refractivity contribution < 1.29 is 5.11 Å². The van der Waals surface area contributed by atoms with Gasteiger partial charge in [-0.2, -0.15) is 5.10 Å². The van der Waals surface area contributed by atoms with Gasteiger partial charge in [0.25, 0.3) is 0 Å². The first-order valence-corrected chi connectivity index (χ1v) is 6.35. The van der Waals surface area contributed by atoms with Crippen molar-refractivity contribution in [1.82, 2.24) is 9.78 Å². The number of nitrogens with zero attached hydrogens (tertiary/aromatic N) is 3. The second-order valence-corrected chi connectivity index (χ2v) is 4.48. The van der Waals surface area contributed by atoms with Crippen molar-refractivity contribution in [2.45, 2.75) is 13.5 Å². The van der Waals surface area contributed by atoms with Crippen molar-refractivity contribution in [3.05, 3.63) is 41.6 Å². The SMILES string of the molecule is Cc1nn(-c2ccccc2)c(N(C)CCO)c1CN. The lowest BCUT2D eigenvalue weighted by atomic mass is 10.2. The quantitative estimate of drug-likeness (QED) is 0.844. The molecule has 0 saturated carbocycles. The van der Waals surface area contributed by atoms with Gasteiger partial charge in [0.2, 0.25) is 0 Å². The van der Waals surface area contributed by atoms with Crippen LogP contribution in [0.15, 0.2) is 30.3 Å². The lowest BCUT2D eigenvalue weighted by molar-refractivity contribution is 0.303. The fraction of sp³-hybridized carbons (Fsp3) is 0.357. The summed E-state index contributed by atoms with van der Waals surface area (Å²) in [6.45, 7) is 3.03. The Morgan fingerprint density at radius 3 is 2.58 bits per heavy atom. The highest BCUT2D eigenvalue weighted by molar-refractivity contribution is 5.54. The van der Waals surface area contributed by atoms with Crippen molar-refractivity contribution in [3.8, 4) is 5.69 Å². The van der Waals surface area contributed by atoms with Crippen molar-refractivity contribution in [1.29, 1.82) is 0 Å². The summed E-state index contributed by atoms with van der Waals surface area (Å²) in [6, 6.07) is 9.93. The van der Waals surface area contributed by atoms with Crippen molar-refractivity contribution in [2.75, 3.05) is 25.1 Å². The van der Waals surface area contributed by atoms with Crippen molar-refractivity contribution in [2.24, 2.45) is 5.73 Å². The Morgan fingerprint density at radius 2 is 2.00 bits per heavy atom. The van der Waals surface area contributed by atoms with E-state index in [1.54, 1.807) is 0 Å². The van der Waals surface area contributed by atoms with E-state index in [-0.39, 0.29) is 6.61 Å². The minimum absolute atomic E-state index is 0.0968. The number of aliphatic hydroxyl groups excluding tert-OH is 1. The highest BCUT2D eigenvalue weighted by Gasteiger charge is 2.18. The molecule has 3 N–H and O–H groups in total. The topological polar surface area (TPSA) is 67.3 Å². The van der Waals surface area contributed by atoms with Crippen LogP contribution in [0.1, 0.15) is 11.3 Å². The van der Waals surface area contributed by atoms with E-state index in [0.717, 1.165) is 22.8 Å². The zero-order valence-electron chi connectivity index (χ0n) is 11.4. The van der Waals surface area contributed by atoms with E-state index in [1.165, 1.54) is 0 Å². The fourth-order valence-corrected chi connectivity index (χ4v) is 2.18. The summed E-state index contributed by atoms with van der Waals surface area (Å²) >= 11 is 0. The van der Waals surface area contributed by atoms with Crippen LogP contribution >= 0.6 is 0 Å². The van der Waals surface area contributed by atoms with E-state index in [9.17, 15) is 0 Å². The molecule has 0 aliphatic carbocycles. The predicted molar refractivity (Wildman–Crippen MR) is 76.5 cm³/mol. The van der Waals surface area contributed by atoms with Crippen LogP contribution in [0, 0.1) is 6.92 Å². The third-order valence-electron chi connectivity index (χ3n) is 3.16. The molecule has 1 aromatic heterocycles. The number of aromatic nitrogens is 2. The molecular formula is C14H20N4O. The lowest BCUT2D eigenvalue weighted by Gasteiger charge is -2.21. The van der Waals surface area contributed by atoms with Crippen LogP contribution in [0.25, 0.3) is 5.69 Å². The molecule has 0 aliphatic heterocycles. The molecule has 0 aliphatic rings. The molecule has 2 aromatic rings. The summed E-state index contributed by atoms with van der Waals surface area (Å²) in [5, 5.41) is 13.7. The molecule has 5 nitrogen and oxygen atoms in total. The molecule has 0 spiro atoms. The smallest absolute Gasteiger partial charge is 0.136 e. The number of benzene rings is 1. The maximum absolute atomic E-state index is 9.13. The fourth-order valence-electron chi connectivity index (χ4n) is 2.18. The minimum atomic E-state index is 0.0968. The molecule has 1 aromatic carbocycles. The molecular weight excluding hydrogens is 240 g/mol. The van der Waals surface area contributed by atoms with E-state index < -0.39 is 0 Å². The lowest BCUT2D eigenvalue weighted by Crippen LogP contribution is -2.25. The Kier molecular flexibility index (Phi) is 4.19. The number of likely N-dealkylation sites (N-methyl/N-ethyl adjacent to an activating group) is 1. The molecule has 0 unspecified atom stereocenters. The summed E-state index contributed by atoms with van der Waals surface area (Å²) in [6.07, 6.45) is 0. The number of hydrogen-bond acceptors (Lipinski definition) is 4. The molecule has 0 atom stereocenters. The van der Waals surface area contributed by atoms with Crippen LogP contribution in [0.4, 0.5) is 5.82 Å². The first-order chi connectivity index (χ1) is 9.19. The van der Waals surface area contributed by atoms with Gasteiger partial charge in [-0.15, -0.1) is 0 Å². The van der Waals surface area contributed by atoms with Crippen LogP contribution in [0.3, 0.4) is 0 Å². The monoisotopic (exact) mass is 260 g/mol. The largest absolute Gasteiger partial charge is 0.395 e. The number of aryl methyl sites for hydroxylation is 1. The first kappa shape index (κ1) is 13.6. The van der Waals surface area contributed by atoms with E-state index in [2.05, 4.69) is 5.10 Å². The molecule has 0 fully saturated rings. The summed E-state index contributed by atoms with van der Waals surface area (Å²) in [7, 11) is 1.94. The van der Waals surface area contributed by atoms with Gasteiger partial charge in [-0.05, 0) is 19.1 Å². The van der Waals surface area contributed by atoms with Gasteiger partial charge in [0.05, 0.1) is 18.0 Å². The average Bonchev–Trinajstić information content (AvgIpc) is 2.77. The first-order valence-electron chi connectivity index (χ1n) is 6.35. The number of anilines is 1. The number of para-hydroxylation sites is 1.